The van der Waals surface area contributed by atoms with Gasteiger partial charge in [0.15, 0.2) is 5.43 Å². The third-order valence-electron chi connectivity index (χ3n) is 6.28. The van der Waals surface area contributed by atoms with E-state index in [4.69, 9.17) is 16.3 Å². The predicted molar refractivity (Wildman–Crippen MR) is 123 cm³/mol. The van der Waals surface area contributed by atoms with Gasteiger partial charge >= 0.3 is 5.97 Å². The highest BCUT2D eigenvalue weighted by atomic mass is 35.5. The van der Waals surface area contributed by atoms with E-state index < -0.39 is 11.4 Å². The van der Waals surface area contributed by atoms with Gasteiger partial charge < -0.3 is 9.84 Å². The van der Waals surface area contributed by atoms with E-state index in [2.05, 4.69) is 18.9 Å². The predicted octanol–water partition coefficient (Wildman–Crippen LogP) is 4.57. The molecule has 1 fully saturated rings. The van der Waals surface area contributed by atoms with Gasteiger partial charge in [0.2, 0.25) is 0 Å². The van der Waals surface area contributed by atoms with Crippen LogP contribution < -0.4 is 15.2 Å². The Morgan fingerprint density at radius 3 is 2.66 bits per heavy atom. The number of benzene rings is 2. The molecule has 0 amide bonds. The number of pyridine rings is 1. The quantitative estimate of drug-likeness (QED) is 0.589. The highest BCUT2D eigenvalue weighted by molar-refractivity contribution is 6.21. The zero-order valence-corrected chi connectivity index (χ0v) is 18.5. The minimum atomic E-state index is -1.24. The van der Waals surface area contributed by atoms with Crippen LogP contribution in [0.2, 0.25) is 0 Å². The summed E-state index contributed by atoms with van der Waals surface area (Å²) in [6, 6.07) is 17.0. The monoisotopic (exact) mass is 450 g/mol. The number of carboxylic acids is 1. The number of nitrogens with zero attached hydrogens (tertiary/aromatic N) is 2. The molecule has 164 valence electrons. The van der Waals surface area contributed by atoms with Gasteiger partial charge in [-0.25, -0.2) is 4.79 Å². The normalized spacial score (nSPS) is 20.3. The maximum Gasteiger partial charge on any atom is 0.341 e. The molecule has 0 radical (unpaired) electrons. The molecular formula is C25H23ClN2O4. The minimum absolute atomic E-state index is 0.182. The summed E-state index contributed by atoms with van der Waals surface area (Å²) in [6.45, 7) is 4.60. The van der Waals surface area contributed by atoms with E-state index in [0.29, 0.717) is 18.7 Å². The number of rotatable bonds is 4. The van der Waals surface area contributed by atoms with Crippen LogP contribution in [-0.4, -0.2) is 26.7 Å². The average molecular weight is 451 g/mol. The fourth-order valence-corrected chi connectivity index (χ4v) is 5.50. The molecule has 2 aliphatic heterocycles. The van der Waals surface area contributed by atoms with Crippen molar-refractivity contribution in [2.45, 2.75) is 43.8 Å². The molecule has 0 saturated carbocycles. The fourth-order valence-electron chi connectivity index (χ4n) is 4.88. The summed E-state index contributed by atoms with van der Waals surface area (Å²) in [4.78, 5) is 24.2. The SMILES string of the molecule is CC1(C)C[C@@H](Cl)C2c3cc(OCc4ccccc4)ccc3-c3cc(=O)c(C(=O)O)cn3N21. The number of carbonyl (C=O) groups is 1. The van der Waals surface area contributed by atoms with Crippen LogP contribution in [0.25, 0.3) is 11.3 Å². The van der Waals surface area contributed by atoms with Gasteiger partial charge in [-0.3, -0.25) is 14.5 Å². The van der Waals surface area contributed by atoms with Gasteiger partial charge in [0.1, 0.15) is 17.9 Å². The number of alkyl halides is 1. The first-order valence-corrected chi connectivity index (χ1v) is 10.9. The van der Waals surface area contributed by atoms with E-state index in [1.807, 2.05) is 48.5 Å². The van der Waals surface area contributed by atoms with E-state index in [1.54, 1.807) is 4.68 Å². The maximum absolute atomic E-state index is 12.5. The van der Waals surface area contributed by atoms with Crippen LogP contribution in [0.1, 0.15) is 47.8 Å². The molecule has 1 saturated heterocycles. The van der Waals surface area contributed by atoms with Crippen molar-refractivity contribution in [2.24, 2.45) is 0 Å². The summed E-state index contributed by atoms with van der Waals surface area (Å²) >= 11 is 6.85. The molecular weight excluding hydrogens is 428 g/mol. The molecule has 5 rings (SSSR count). The number of hydrogen-bond acceptors (Lipinski definition) is 4. The smallest absolute Gasteiger partial charge is 0.341 e. The Morgan fingerprint density at radius 1 is 1.19 bits per heavy atom. The molecule has 0 bridgehead atoms. The number of halogens is 1. The average Bonchev–Trinajstić information content (AvgIpc) is 3.01. The van der Waals surface area contributed by atoms with Crippen LogP contribution in [0, 0.1) is 0 Å². The van der Waals surface area contributed by atoms with Gasteiger partial charge in [-0.15, -0.1) is 11.6 Å². The Bertz CT molecular complexity index is 1270. The van der Waals surface area contributed by atoms with Gasteiger partial charge in [-0.05, 0) is 49.6 Å². The van der Waals surface area contributed by atoms with Crippen LogP contribution in [-0.2, 0) is 6.61 Å². The fraction of sp³-hybridized carbons (Fsp3) is 0.280. The lowest BCUT2D eigenvalue weighted by Crippen LogP contribution is -2.50. The third-order valence-corrected chi connectivity index (χ3v) is 6.67. The second kappa shape index (κ2) is 7.41. The van der Waals surface area contributed by atoms with Crippen molar-refractivity contribution in [1.82, 2.24) is 4.68 Å². The summed E-state index contributed by atoms with van der Waals surface area (Å²) in [5.41, 5.74) is 2.45. The van der Waals surface area contributed by atoms with Gasteiger partial charge in [-0.1, -0.05) is 30.3 Å². The molecule has 0 aliphatic carbocycles. The number of hydrogen-bond donors (Lipinski definition) is 1. The summed E-state index contributed by atoms with van der Waals surface area (Å²) in [7, 11) is 0. The van der Waals surface area contributed by atoms with Gasteiger partial charge in [0.05, 0.1) is 22.7 Å². The van der Waals surface area contributed by atoms with E-state index in [9.17, 15) is 14.7 Å². The topological polar surface area (TPSA) is 71.8 Å². The van der Waals surface area contributed by atoms with Crippen molar-refractivity contribution in [3.63, 3.8) is 0 Å². The van der Waals surface area contributed by atoms with Gasteiger partial charge in [-0.2, -0.15) is 0 Å². The Kier molecular flexibility index (Phi) is 4.78. The molecule has 6 nitrogen and oxygen atoms in total. The standard InChI is InChI=1S/C25H23ClN2O4/c1-25(2)12-20(26)23-18-10-16(32-14-15-6-4-3-5-7-15)8-9-17(18)21-11-22(29)19(24(30)31)13-27(21)28(23)25/h3-11,13,20,23H,12,14H2,1-2H3,(H,30,31)/t20-,23?/m1/s1. The molecule has 0 spiro atoms. The number of fused-ring (bicyclic) bond motifs is 6. The third kappa shape index (κ3) is 3.26. The van der Waals surface area contributed by atoms with Gasteiger partial charge in [0, 0.05) is 17.8 Å². The number of ether oxygens (including phenoxy) is 1. The van der Waals surface area contributed by atoms with Crippen molar-refractivity contribution in [2.75, 3.05) is 5.01 Å². The lowest BCUT2D eigenvalue weighted by Gasteiger charge is -2.44. The largest absolute Gasteiger partial charge is 0.489 e. The Hall–Kier alpha value is -3.25. The first kappa shape index (κ1) is 20.6. The molecule has 1 unspecified atom stereocenters. The summed E-state index contributed by atoms with van der Waals surface area (Å²) in [6.07, 6.45) is 2.13. The van der Waals surface area contributed by atoms with Crippen LogP contribution >= 0.6 is 11.6 Å². The lowest BCUT2D eigenvalue weighted by atomic mass is 9.93. The highest BCUT2D eigenvalue weighted by Crippen LogP contribution is 2.50. The Balaban J connectivity index is 1.63. The van der Waals surface area contributed by atoms with Crippen LogP contribution in [0.4, 0.5) is 0 Å². The zero-order valence-electron chi connectivity index (χ0n) is 17.8. The summed E-state index contributed by atoms with van der Waals surface area (Å²) < 4.78 is 7.84. The summed E-state index contributed by atoms with van der Waals surface area (Å²) in [5.74, 6) is -0.518. The van der Waals surface area contributed by atoms with E-state index >= 15 is 0 Å². The first-order chi connectivity index (χ1) is 15.3. The van der Waals surface area contributed by atoms with Crippen molar-refractivity contribution >= 4 is 17.6 Å². The van der Waals surface area contributed by atoms with Crippen molar-refractivity contribution in [3.05, 3.63) is 87.7 Å². The molecule has 3 heterocycles. The van der Waals surface area contributed by atoms with Crippen LogP contribution in [0.5, 0.6) is 5.75 Å². The van der Waals surface area contributed by atoms with Gasteiger partial charge in [0.25, 0.3) is 0 Å². The molecule has 2 aromatic carbocycles. The maximum atomic E-state index is 12.5. The van der Waals surface area contributed by atoms with Crippen LogP contribution in [0.15, 0.2) is 65.6 Å². The molecule has 7 heteroatoms. The van der Waals surface area contributed by atoms with E-state index in [1.165, 1.54) is 12.3 Å². The lowest BCUT2D eigenvalue weighted by molar-refractivity contribution is 0.0694. The first-order valence-electron chi connectivity index (χ1n) is 10.5. The molecule has 1 aromatic heterocycles. The second-order valence-corrected chi connectivity index (χ2v) is 9.49. The van der Waals surface area contributed by atoms with Crippen molar-refractivity contribution in [3.8, 4) is 17.0 Å². The van der Waals surface area contributed by atoms with Crippen LogP contribution in [0.3, 0.4) is 0 Å². The summed E-state index contributed by atoms with van der Waals surface area (Å²) in [5, 5.41) is 11.4. The molecule has 2 atom stereocenters. The minimum Gasteiger partial charge on any atom is -0.489 e. The Morgan fingerprint density at radius 2 is 1.94 bits per heavy atom. The molecule has 2 aliphatic rings. The number of carboxylic acid groups (broad SMARTS) is 1. The molecule has 32 heavy (non-hydrogen) atoms. The number of aromatic carboxylic acids is 1. The van der Waals surface area contributed by atoms with E-state index in [0.717, 1.165) is 22.4 Å². The number of aromatic nitrogens is 1. The molecule has 3 aromatic rings. The Labute approximate surface area is 190 Å². The zero-order chi connectivity index (χ0) is 22.6. The van der Waals surface area contributed by atoms with Crippen molar-refractivity contribution in [1.29, 1.82) is 0 Å². The van der Waals surface area contributed by atoms with Crippen molar-refractivity contribution < 1.29 is 14.6 Å². The highest BCUT2D eigenvalue weighted by Gasteiger charge is 2.50. The van der Waals surface area contributed by atoms with E-state index in [-0.39, 0.29) is 22.5 Å². The molecule has 1 N–H and O–H groups in total. The second-order valence-electron chi connectivity index (χ2n) is 8.93.